The van der Waals surface area contributed by atoms with Gasteiger partial charge in [-0.1, -0.05) is 17.7 Å². The first kappa shape index (κ1) is 30.6. The number of alkyl halides is 3. The fourth-order valence-electron chi connectivity index (χ4n) is 5.03. The number of hydrogen-bond acceptors (Lipinski definition) is 10. The van der Waals surface area contributed by atoms with Crippen molar-refractivity contribution >= 4 is 23.2 Å². The minimum Gasteiger partial charge on any atom is -0.487 e. The maximum atomic E-state index is 13.9. The lowest BCUT2D eigenvalue weighted by Gasteiger charge is -2.35. The summed E-state index contributed by atoms with van der Waals surface area (Å²) in [5.74, 6) is 0.459. The number of methoxy groups -OCH3 is 1. The lowest BCUT2D eigenvalue weighted by molar-refractivity contribution is -0.141. The van der Waals surface area contributed by atoms with E-state index in [0.29, 0.717) is 42.3 Å². The van der Waals surface area contributed by atoms with Crippen LogP contribution in [0.2, 0.25) is 5.02 Å². The SMILES string of the molecule is COCC(C)N1CCC(n2cc(Nc3ncc(-c4ccc(Cl)c(O[C@@H](C)Cn5cnnn5)c4)cn3)c(C(F)(F)F)n2)CC1. The Balaban J connectivity index is 1.27. The number of piperidine rings is 1. The molecular weight excluding hydrogens is 589 g/mol. The van der Waals surface area contributed by atoms with Gasteiger partial charge in [0.15, 0.2) is 5.69 Å². The van der Waals surface area contributed by atoms with Crippen LogP contribution in [0.5, 0.6) is 5.75 Å². The molecule has 43 heavy (non-hydrogen) atoms. The summed E-state index contributed by atoms with van der Waals surface area (Å²) in [5, 5.41) is 18.1. The number of hydrogen-bond donors (Lipinski definition) is 1. The van der Waals surface area contributed by atoms with Crippen molar-refractivity contribution in [2.75, 3.05) is 32.1 Å². The molecule has 4 heterocycles. The number of tetrazole rings is 1. The molecule has 1 aromatic carbocycles. The van der Waals surface area contributed by atoms with Crippen molar-refractivity contribution in [3.05, 3.63) is 53.8 Å². The van der Waals surface area contributed by atoms with Gasteiger partial charge in [-0.15, -0.1) is 5.10 Å². The van der Waals surface area contributed by atoms with Gasteiger partial charge in [-0.05, 0) is 54.8 Å². The second-order valence-electron chi connectivity index (χ2n) is 10.5. The van der Waals surface area contributed by atoms with Gasteiger partial charge in [-0.25, -0.2) is 14.6 Å². The van der Waals surface area contributed by atoms with E-state index in [1.54, 1.807) is 30.0 Å². The molecular formula is C27H32ClF3N10O2. The van der Waals surface area contributed by atoms with Gasteiger partial charge in [-0.2, -0.15) is 18.3 Å². The number of anilines is 2. The molecule has 1 N–H and O–H groups in total. The van der Waals surface area contributed by atoms with Gasteiger partial charge in [0.2, 0.25) is 5.95 Å². The second-order valence-corrected chi connectivity index (χ2v) is 10.9. The van der Waals surface area contributed by atoms with E-state index in [-0.39, 0.29) is 29.8 Å². The number of aromatic nitrogens is 8. The highest BCUT2D eigenvalue weighted by atomic mass is 35.5. The third kappa shape index (κ3) is 7.58. The van der Waals surface area contributed by atoms with Crippen molar-refractivity contribution in [3.8, 4) is 16.9 Å². The van der Waals surface area contributed by atoms with Crippen molar-refractivity contribution in [2.24, 2.45) is 0 Å². The average molecular weight is 621 g/mol. The summed E-state index contributed by atoms with van der Waals surface area (Å²) in [5.41, 5.74) is 0.136. The van der Waals surface area contributed by atoms with E-state index < -0.39 is 11.9 Å². The molecule has 0 spiro atoms. The van der Waals surface area contributed by atoms with Gasteiger partial charge in [0.1, 0.15) is 18.2 Å². The zero-order valence-corrected chi connectivity index (χ0v) is 24.6. The smallest absolute Gasteiger partial charge is 0.437 e. The molecule has 0 saturated carbocycles. The number of halogens is 4. The highest BCUT2D eigenvalue weighted by molar-refractivity contribution is 6.32. The Kier molecular flexibility index (Phi) is 9.42. The van der Waals surface area contributed by atoms with Gasteiger partial charge >= 0.3 is 6.18 Å². The molecule has 1 aliphatic heterocycles. The van der Waals surface area contributed by atoms with E-state index in [1.807, 2.05) is 6.92 Å². The predicted molar refractivity (Wildman–Crippen MR) is 152 cm³/mol. The van der Waals surface area contributed by atoms with Crippen molar-refractivity contribution in [2.45, 2.75) is 57.6 Å². The van der Waals surface area contributed by atoms with Crippen LogP contribution in [0.3, 0.4) is 0 Å². The summed E-state index contributed by atoms with van der Waals surface area (Å²) in [6, 6.07) is 5.31. The molecule has 16 heteroatoms. The van der Waals surface area contributed by atoms with E-state index in [2.05, 4.69) is 47.7 Å². The molecule has 2 atom stereocenters. The first-order valence-electron chi connectivity index (χ1n) is 13.8. The van der Waals surface area contributed by atoms with E-state index in [9.17, 15) is 13.2 Å². The van der Waals surface area contributed by atoms with Gasteiger partial charge in [-0.3, -0.25) is 9.58 Å². The van der Waals surface area contributed by atoms with Crippen molar-refractivity contribution in [1.82, 2.24) is 44.9 Å². The van der Waals surface area contributed by atoms with Crippen LogP contribution in [0.1, 0.15) is 38.4 Å². The normalized spacial score (nSPS) is 16.3. The maximum absolute atomic E-state index is 13.9. The van der Waals surface area contributed by atoms with Crippen LogP contribution in [-0.4, -0.2) is 83.8 Å². The number of nitrogens with one attached hydrogen (secondary N) is 1. The van der Waals surface area contributed by atoms with Gasteiger partial charge in [0.25, 0.3) is 0 Å². The third-order valence-electron chi connectivity index (χ3n) is 7.23. The van der Waals surface area contributed by atoms with Crippen molar-refractivity contribution in [1.29, 1.82) is 0 Å². The lowest BCUT2D eigenvalue weighted by Crippen LogP contribution is -2.42. The summed E-state index contributed by atoms with van der Waals surface area (Å²) < 4.78 is 55.9. The first-order chi connectivity index (χ1) is 20.6. The van der Waals surface area contributed by atoms with Crippen LogP contribution in [0.25, 0.3) is 11.1 Å². The summed E-state index contributed by atoms with van der Waals surface area (Å²) in [4.78, 5) is 10.8. The highest BCUT2D eigenvalue weighted by Crippen LogP contribution is 2.37. The highest BCUT2D eigenvalue weighted by Gasteiger charge is 2.38. The molecule has 5 rings (SSSR count). The number of benzene rings is 1. The number of likely N-dealkylation sites (tertiary alicyclic amines) is 1. The predicted octanol–water partition coefficient (Wildman–Crippen LogP) is 4.88. The van der Waals surface area contributed by atoms with Crippen molar-refractivity contribution in [3.63, 3.8) is 0 Å². The zero-order valence-electron chi connectivity index (χ0n) is 23.9. The summed E-state index contributed by atoms with van der Waals surface area (Å²) >= 11 is 6.35. The molecule has 0 radical (unpaired) electrons. The monoisotopic (exact) mass is 620 g/mol. The fourth-order valence-corrected chi connectivity index (χ4v) is 5.20. The second kappa shape index (κ2) is 13.2. The van der Waals surface area contributed by atoms with Crippen molar-refractivity contribution < 1.29 is 22.6 Å². The first-order valence-corrected chi connectivity index (χ1v) is 14.1. The largest absolute Gasteiger partial charge is 0.487 e. The van der Waals surface area contributed by atoms with Crippen LogP contribution in [0.15, 0.2) is 43.1 Å². The number of nitrogens with zero attached hydrogens (tertiary/aromatic N) is 9. The molecule has 0 aliphatic carbocycles. The van der Waals surface area contributed by atoms with Crippen LogP contribution in [0, 0.1) is 0 Å². The Hall–Kier alpha value is -3.82. The minimum atomic E-state index is -4.65. The maximum Gasteiger partial charge on any atom is 0.437 e. The molecule has 12 nitrogen and oxygen atoms in total. The van der Waals surface area contributed by atoms with Crippen LogP contribution >= 0.6 is 11.6 Å². The Bertz CT molecular complexity index is 1480. The summed E-state index contributed by atoms with van der Waals surface area (Å²) in [6.07, 6.45) is 2.34. The molecule has 230 valence electrons. The average Bonchev–Trinajstić information content (AvgIpc) is 3.65. The van der Waals surface area contributed by atoms with Gasteiger partial charge in [0, 0.05) is 50.4 Å². The van der Waals surface area contributed by atoms with Crippen LogP contribution < -0.4 is 10.1 Å². The molecule has 1 aliphatic rings. The fraction of sp³-hybridized carbons (Fsp3) is 0.481. The topological polar surface area (TPSA) is 121 Å². The zero-order chi connectivity index (χ0) is 30.6. The lowest BCUT2D eigenvalue weighted by atomic mass is 10.0. The van der Waals surface area contributed by atoms with Gasteiger partial charge < -0.3 is 14.8 Å². The van der Waals surface area contributed by atoms with E-state index >= 15 is 0 Å². The van der Waals surface area contributed by atoms with Gasteiger partial charge in [0.05, 0.1) is 29.9 Å². The van der Waals surface area contributed by atoms with Crippen LogP contribution in [-0.2, 0) is 17.5 Å². The molecule has 0 bridgehead atoms. The van der Waals surface area contributed by atoms with E-state index in [1.165, 1.54) is 29.6 Å². The molecule has 1 unspecified atom stereocenters. The Labute approximate surface area is 251 Å². The molecule has 1 saturated heterocycles. The number of rotatable bonds is 11. The Morgan fingerprint density at radius 3 is 2.51 bits per heavy atom. The third-order valence-corrected chi connectivity index (χ3v) is 7.54. The summed E-state index contributed by atoms with van der Waals surface area (Å²) in [6.45, 7) is 6.46. The quantitative estimate of drug-likeness (QED) is 0.248. The molecule has 4 aromatic rings. The van der Waals surface area contributed by atoms with E-state index in [0.717, 1.165) is 18.7 Å². The molecule has 0 amide bonds. The molecule has 1 fully saturated rings. The summed E-state index contributed by atoms with van der Waals surface area (Å²) in [7, 11) is 1.66. The van der Waals surface area contributed by atoms with E-state index in [4.69, 9.17) is 21.1 Å². The molecule has 3 aromatic heterocycles. The Morgan fingerprint density at radius 1 is 1.12 bits per heavy atom. The Morgan fingerprint density at radius 2 is 1.86 bits per heavy atom. The van der Waals surface area contributed by atoms with Crippen LogP contribution in [0.4, 0.5) is 24.8 Å². The number of ether oxygens (including phenoxy) is 2. The standard InChI is InChI=1S/C27H32ClF3N10O2/c1-17(15-42-3)39-8-6-21(7-9-39)41-14-23(25(36-41)27(29,30)31)35-26-32-11-20(12-33-26)19-4-5-22(28)24(10-19)43-18(2)13-40-16-34-37-38-40/h4-5,10-12,14,16-18,21H,6-9,13,15H2,1-3H3,(H,32,33,35)/t17?,18-/m0/s1. The minimum absolute atomic E-state index is 0.0116.